The van der Waals surface area contributed by atoms with Crippen molar-refractivity contribution in [1.29, 1.82) is 0 Å². The van der Waals surface area contributed by atoms with Gasteiger partial charge in [-0.2, -0.15) is 13.2 Å². The van der Waals surface area contributed by atoms with Crippen LogP contribution >= 0.6 is 11.6 Å². The minimum atomic E-state index is -4.34. The molecule has 0 heterocycles. The van der Waals surface area contributed by atoms with Gasteiger partial charge >= 0.3 is 6.18 Å². The van der Waals surface area contributed by atoms with Crippen LogP contribution in [0.2, 0.25) is 5.02 Å². The van der Waals surface area contributed by atoms with Gasteiger partial charge in [0.2, 0.25) is 5.91 Å². The van der Waals surface area contributed by atoms with Crippen molar-refractivity contribution in [3.63, 3.8) is 0 Å². The molecular weight excluding hydrogens is 283 g/mol. The fourth-order valence-corrected chi connectivity index (χ4v) is 1.67. The van der Waals surface area contributed by atoms with E-state index in [1.54, 1.807) is 0 Å². The Balaban J connectivity index is 2.56. The Morgan fingerprint density at radius 3 is 2.63 bits per heavy atom. The van der Waals surface area contributed by atoms with E-state index in [2.05, 4.69) is 5.32 Å². The van der Waals surface area contributed by atoms with Gasteiger partial charge in [-0.25, -0.2) is 0 Å². The Morgan fingerprint density at radius 2 is 2.11 bits per heavy atom. The molecule has 0 aliphatic carbocycles. The predicted molar refractivity (Wildman–Crippen MR) is 68.0 cm³/mol. The van der Waals surface area contributed by atoms with E-state index in [1.165, 1.54) is 25.2 Å². The van der Waals surface area contributed by atoms with Crippen LogP contribution in [0.1, 0.15) is 0 Å². The predicted octanol–water partition coefficient (Wildman–Crippen LogP) is 2.35. The van der Waals surface area contributed by atoms with Crippen molar-refractivity contribution in [3.05, 3.63) is 23.2 Å². The number of hydrogen-bond donors (Lipinski definition) is 2. The first-order chi connectivity index (χ1) is 8.67. The second-order valence-corrected chi connectivity index (χ2v) is 4.48. The molecule has 0 unspecified atom stereocenters. The van der Waals surface area contributed by atoms with E-state index in [9.17, 15) is 18.0 Å². The number of nitrogens with two attached hydrogens (primary N) is 1. The van der Waals surface area contributed by atoms with Gasteiger partial charge in [0.15, 0.2) is 0 Å². The summed E-state index contributed by atoms with van der Waals surface area (Å²) >= 11 is 5.83. The molecule has 0 saturated heterocycles. The summed E-state index contributed by atoms with van der Waals surface area (Å²) in [7, 11) is 1.21. The van der Waals surface area contributed by atoms with Gasteiger partial charge in [-0.3, -0.25) is 9.69 Å². The molecule has 0 spiro atoms. The first kappa shape index (κ1) is 15.6. The van der Waals surface area contributed by atoms with Crippen LogP contribution < -0.4 is 11.1 Å². The maximum atomic E-state index is 12.1. The maximum absolute atomic E-state index is 12.1. The fraction of sp³-hybridized carbons (Fsp3) is 0.364. The Kier molecular flexibility index (Phi) is 5.02. The summed E-state index contributed by atoms with van der Waals surface area (Å²) in [5, 5.41) is 2.65. The van der Waals surface area contributed by atoms with Gasteiger partial charge in [0, 0.05) is 5.69 Å². The number of anilines is 2. The van der Waals surface area contributed by atoms with Gasteiger partial charge in [-0.15, -0.1) is 0 Å². The van der Waals surface area contributed by atoms with Gasteiger partial charge < -0.3 is 11.1 Å². The molecule has 8 heteroatoms. The number of hydrogen-bond acceptors (Lipinski definition) is 3. The zero-order valence-corrected chi connectivity index (χ0v) is 10.8. The number of benzene rings is 1. The maximum Gasteiger partial charge on any atom is 0.401 e. The van der Waals surface area contributed by atoms with E-state index in [0.717, 1.165) is 4.90 Å². The van der Waals surface area contributed by atoms with Gasteiger partial charge in [-0.05, 0) is 25.2 Å². The average Bonchev–Trinajstić information content (AvgIpc) is 2.19. The number of rotatable bonds is 4. The van der Waals surface area contributed by atoms with Crippen molar-refractivity contribution < 1.29 is 18.0 Å². The molecule has 106 valence electrons. The smallest absolute Gasteiger partial charge is 0.399 e. The van der Waals surface area contributed by atoms with Crippen LogP contribution in [0.5, 0.6) is 0 Å². The minimum Gasteiger partial charge on any atom is -0.399 e. The molecule has 1 rings (SSSR count). The van der Waals surface area contributed by atoms with Crippen molar-refractivity contribution >= 4 is 28.9 Å². The lowest BCUT2D eigenvalue weighted by atomic mass is 10.3. The number of alkyl halides is 3. The summed E-state index contributed by atoms with van der Waals surface area (Å²) in [4.78, 5) is 12.4. The van der Waals surface area contributed by atoms with Crippen LogP contribution in [0.4, 0.5) is 24.5 Å². The number of carbonyl (C=O) groups is 1. The zero-order chi connectivity index (χ0) is 14.6. The Hall–Kier alpha value is -1.47. The van der Waals surface area contributed by atoms with Crippen LogP contribution in [0.25, 0.3) is 0 Å². The van der Waals surface area contributed by atoms with Crippen LogP contribution in [0.15, 0.2) is 18.2 Å². The van der Waals surface area contributed by atoms with E-state index < -0.39 is 18.6 Å². The number of amides is 1. The number of likely N-dealkylation sites (N-methyl/N-ethyl adjacent to an activating group) is 1. The molecule has 0 fully saturated rings. The third-order valence-electron chi connectivity index (χ3n) is 2.13. The molecule has 1 amide bonds. The molecule has 0 atom stereocenters. The van der Waals surface area contributed by atoms with Crippen LogP contribution in [-0.4, -0.2) is 37.1 Å². The van der Waals surface area contributed by atoms with E-state index >= 15 is 0 Å². The van der Waals surface area contributed by atoms with Gasteiger partial charge in [0.25, 0.3) is 0 Å². The van der Waals surface area contributed by atoms with Crippen molar-refractivity contribution in [1.82, 2.24) is 4.90 Å². The number of nitrogen functional groups attached to an aromatic ring is 1. The highest BCUT2D eigenvalue weighted by Crippen LogP contribution is 2.24. The van der Waals surface area contributed by atoms with Crippen LogP contribution in [-0.2, 0) is 4.79 Å². The number of nitrogens with one attached hydrogen (secondary N) is 1. The summed E-state index contributed by atoms with van der Waals surface area (Å²) in [6.07, 6.45) is -4.34. The summed E-state index contributed by atoms with van der Waals surface area (Å²) < 4.78 is 36.3. The Morgan fingerprint density at radius 1 is 1.47 bits per heavy atom. The quantitative estimate of drug-likeness (QED) is 0.838. The highest BCUT2D eigenvalue weighted by atomic mass is 35.5. The molecule has 1 aromatic carbocycles. The molecule has 0 aliphatic rings. The lowest BCUT2D eigenvalue weighted by Crippen LogP contribution is -2.36. The molecule has 19 heavy (non-hydrogen) atoms. The summed E-state index contributed by atoms with van der Waals surface area (Å²) in [6, 6.07) is 4.46. The van der Waals surface area contributed by atoms with E-state index in [1.807, 2.05) is 0 Å². The van der Waals surface area contributed by atoms with Crippen LogP contribution in [0, 0.1) is 0 Å². The fourth-order valence-electron chi connectivity index (χ4n) is 1.43. The van der Waals surface area contributed by atoms with Crippen molar-refractivity contribution in [2.45, 2.75) is 6.18 Å². The Labute approximate surface area is 113 Å². The van der Waals surface area contributed by atoms with Gasteiger partial charge in [-0.1, -0.05) is 11.6 Å². The molecule has 0 aromatic heterocycles. The second-order valence-electron chi connectivity index (χ2n) is 4.07. The molecule has 0 saturated carbocycles. The van der Waals surface area contributed by atoms with Crippen molar-refractivity contribution in [3.8, 4) is 0 Å². The topological polar surface area (TPSA) is 58.4 Å². The van der Waals surface area contributed by atoms with E-state index in [4.69, 9.17) is 17.3 Å². The first-order valence-electron chi connectivity index (χ1n) is 5.27. The highest BCUT2D eigenvalue weighted by molar-refractivity contribution is 6.34. The molecule has 0 bridgehead atoms. The second kappa shape index (κ2) is 6.12. The SMILES string of the molecule is CN(CC(=O)Nc1ccc(N)cc1Cl)CC(F)(F)F. The first-order valence-corrected chi connectivity index (χ1v) is 5.65. The van der Waals surface area contributed by atoms with Crippen molar-refractivity contribution in [2.24, 2.45) is 0 Å². The normalized spacial score (nSPS) is 11.7. The molecule has 0 radical (unpaired) electrons. The van der Waals surface area contributed by atoms with Gasteiger partial charge in [0.1, 0.15) is 0 Å². The summed E-state index contributed by atoms with van der Waals surface area (Å²) in [5.74, 6) is -0.585. The lowest BCUT2D eigenvalue weighted by Gasteiger charge is -2.18. The van der Waals surface area contributed by atoms with Crippen LogP contribution in [0.3, 0.4) is 0 Å². The molecule has 3 N–H and O–H groups in total. The molecule has 1 aromatic rings. The Bertz CT molecular complexity index is 465. The molecular formula is C11H13ClF3N3O. The number of halogens is 4. The monoisotopic (exact) mass is 295 g/mol. The summed E-state index contributed by atoms with van der Waals surface area (Å²) in [6.45, 7) is -1.55. The van der Waals surface area contributed by atoms with E-state index in [-0.39, 0.29) is 11.6 Å². The third kappa shape index (κ3) is 5.80. The average molecular weight is 296 g/mol. The molecule has 0 aliphatic heterocycles. The molecule has 4 nitrogen and oxygen atoms in total. The third-order valence-corrected chi connectivity index (χ3v) is 2.44. The minimum absolute atomic E-state index is 0.229. The summed E-state index contributed by atoms with van der Waals surface area (Å²) in [5.41, 5.74) is 6.21. The number of carbonyl (C=O) groups excluding carboxylic acids is 1. The largest absolute Gasteiger partial charge is 0.401 e. The lowest BCUT2D eigenvalue weighted by molar-refractivity contribution is -0.145. The van der Waals surface area contributed by atoms with Gasteiger partial charge in [0.05, 0.1) is 23.8 Å². The van der Waals surface area contributed by atoms with Crippen molar-refractivity contribution in [2.75, 3.05) is 31.2 Å². The number of nitrogens with zero attached hydrogens (tertiary/aromatic N) is 1. The highest BCUT2D eigenvalue weighted by Gasteiger charge is 2.29. The zero-order valence-electron chi connectivity index (χ0n) is 10.1. The van der Waals surface area contributed by atoms with E-state index in [0.29, 0.717) is 11.4 Å². The standard InChI is InChI=1S/C11H13ClF3N3O/c1-18(6-11(13,14)15)5-10(19)17-9-3-2-7(16)4-8(9)12/h2-4H,5-6,16H2,1H3,(H,17,19).